The van der Waals surface area contributed by atoms with Gasteiger partial charge < -0.3 is 10.6 Å². The Bertz CT molecular complexity index is 197. The molecule has 2 saturated heterocycles. The zero-order valence-electron chi connectivity index (χ0n) is 10.2. The van der Waals surface area contributed by atoms with Crippen LogP contribution in [0.5, 0.6) is 0 Å². The van der Waals surface area contributed by atoms with Crippen LogP contribution in [0.3, 0.4) is 0 Å². The Morgan fingerprint density at radius 1 is 1.13 bits per heavy atom. The van der Waals surface area contributed by atoms with Crippen molar-refractivity contribution in [1.82, 2.24) is 9.80 Å². The van der Waals surface area contributed by atoms with Crippen molar-refractivity contribution in [2.75, 3.05) is 33.2 Å². The smallest absolute Gasteiger partial charge is 0.0206 e. The van der Waals surface area contributed by atoms with Gasteiger partial charge in [0.05, 0.1) is 0 Å². The summed E-state index contributed by atoms with van der Waals surface area (Å²) in [5.41, 5.74) is 6.09. The molecule has 2 N–H and O–H groups in total. The molecule has 2 heterocycles. The van der Waals surface area contributed by atoms with E-state index in [-0.39, 0.29) is 0 Å². The molecule has 0 aromatic heterocycles. The zero-order valence-corrected chi connectivity index (χ0v) is 10.2. The molecular formula is C12H25N3. The first-order chi connectivity index (χ1) is 7.16. The summed E-state index contributed by atoms with van der Waals surface area (Å²) in [6, 6.07) is 1.21. The summed E-state index contributed by atoms with van der Waals surface area (Å²) in [7, 11) is 2.24. The van der Waals surface area contributed by atoms with Crippen molar-refractivity contribution in [3.05, 3.63) is 0 Å². The van der Waals surface area contributed by atoms with Gasteiger partial charge in [-0.2, -0.15) is 0 Å². The van der Waals surface area contributed by atoms with Gasteiger partial charge in [-0.3, -0.25) is 4.90 Å². The largest absolute Gasteiger partial charge is 0.326 e. The van der Waals surface area contributed by atoms with E-state index in [1.54, 1.807) is 0 Å². The molecule has 0 aromatic carbocycles. The quantitative estimate of drug-likeness (QED) is 0.695. The van der Waals surface area contributed by atoms with Crippen LogP contribution in [0.25, 0.3) is 0 Å². The van der Waals surface area contributed by atoms with E-state index >= 15 is 0 Å². The van der Waals surface area contributed by atoms with Gasteiger partial charge in [-0.05, 0) is 45.3 Å². The molecule has 0 amide bonds. The van der Waals surface area contributed by atoms with Crippen LogP contribution < -0.4 is 5.73 Å². The third kappa shape index (κ3) is 2.71. The fourth-order valence-electron chi connectivity index (χ4n) is 2.92. The Morgan fingerprint density at radius 2 is 1.93 bits per heavy atom. The van der Waals surface area contributed by atoms with Crippen LogP contribution in [0.2, 0.25) is 0 Å². The standard InChI is InChI=1S/C12H25N3/c1-10-8-15(9-12(10)13)11-4-3-6-14(2)7-5-11/h10-12H,3-9,13H2,1-2H3. The Kier molecular flexibility index (Phi) is 3.65. The molecule has 2 rings (SSSR count). The lowest BCUT2D eigenvalue weighted by Gasteiger charge is -2.26. The Labute approximate surface area is 93.6 Å². The number of nitrogens with two attached hydrogens (primary N) is 1. The fraction of sp³-hybridized carbons (Fsp3) is 1.00. The van der Waals surface area contributed by atoms with Gasteiger partial charge >= 0.3 is 0 Å². The Morgan fingerprint density at radius 3 is 2.60 bits per heavy atom. The van der Waals surface area contributed by atoms with Crippen molar-refractivity contribution >= 4 is 0 Å². The fourth-order valence-corrected chi connectivity index (χ4v) is 2.92. The van der Waals surface area contributed by atoms with Gasteiger partial charge in [0, 0.05) is 25.2 Å². The maximum Gasteiger partial charge on any atom is 0.0206 e. The minimum absolute atomic E-state index is 0.408. The second-order valence-electron chi connectivity index (χ2n) is 5.48. The molecule has 0 radical (unpaired) electrons. The molecule has 2 fully saturated rings. The van der Waals surface area contributed by atoms with E-state index in [4.69, 9.17) is 5.73 Å². The summed E-state index contributed by atoms with van der Waals surface area (Å²) in [6.07, 6.45) is 4.04. The van der Waals surface area contributed by atoms with E-state index in [0.29, 0.717) is 12.0 Å². The van der Waals surface area contributed by atoms with Crippen molar-refractivity contribution in [3.63, 3.8) is 0 Å². The van der Waals surface area contributed by atoms with Crippen molar-refractivity contribution in [1.29, 1.82) is 0 Å². The molecule has 3 unspecified atom stereocenters. The predicted molar refractivity (Wildman–Crippen MR) is 63.8 cm³/mol. The highest BCUT2D eigenvalue weighted by atomic mass is 15.2. The molecule has 15 heavy (non-hydrogen) atoms. The van der Waals surface area contributed by atoms with E-state index < -0.39 is 0 Å². The summed E-state index contributed by atoms with van der Waals surface area (Å²) in [4.78, 5) is 5.09. The van der Waals surface area contributed by atoms with Gasteiger partial charge in [0.1, 0.15) is 0 Å². The third-order valence-corrected chi connectivity index (χ3v) is 4.14. The lowest BCUT2D eigenvalue weighted by molar-refractivity contribution is 0.212. The van der Waals surface area contributed by atoms with E-state index in [0.717, 1.165) is 12.6 Å². The number of rotatable bonds is 1. The van der Waals surface area contributed by atoms with Gasteiger partial charge in [0.25, 0.3) is 0 Å². The maximum atomic E-state index is 6.09. The van der Waals surface area contributed by atoms with Gasteiger partial charge in [-0.1, -0.05) is 6.92 Å². The van der Waals surface area contributed by atoms with Crippen LogP contribution in [0.4, 0.5) is 0 Å². The molecule has 0 aliphatic carbocycles. The summed E-state index contributed by atoms with van der Waals surface area (Å²) < 4.78 is 0. The molecule has 0 aromatic rings. The minimum Gasteiger partial charge on any atom is -0.326 e. The number of likely N-dealkylation sites (tertiary alicyclic amines) is 2. The van der Waals surface area contributed by atoms with Crippen LogP contribution in [0.15, 0.2) is 0 Å². The van der Waals surface area contributed by atoms with E-state index in [2.05, 4.69) is 23.8 Å². The summed E-state index contributed by atoms with van der Waals surface area (Å²) in [5.74, 6) is 0.686. The van der Waals surface area contributed by atoms with E-state index in [1.807, 2.05) is 0 Å². The van der Waals surface area contributed by atoms with Crippen molar-refractivity contribution in [3.8, 4) is 0 Å². The summed E-state index contributed by atoms with van der Waals surface area (Å²) in [6.45, 7) is 7.15. The van der Waals surface area contributed by atoms with Crippen LogP contribution in [-0.4, -0.2) is 55.1 Å². The Hall–Kier alpha value is -0.120. The number of nitrogens with zero attached hydrogens (tertiary/aromatic N) is 2. The SMILES string of the molecule is CC1CN(C2CCCN(C)CC2)CC1N. The molecule has 3 nitrogen and oxygen atoms in total. The molecule has 3 atom stereocenters. The first-order valence-corrected chi connectivity index (χ1v) is 6.35. The van der Waals surface area contributed by atoms with Gasteiger partial charge in [-0.15, -0.1) is 0 Å². The van der Waals surface area contributed by atoms with Crippen molar-refractivity contribution < 1.29 is 0 Å². The molecule has 88 valence electrons. The summed E-state index contributed by atoms with van der Waals surface area (Å²) in [5, 5.41) is 0. The average Bonchev–Trinajstić information content (AvgIpc) is 2.41. The van der Waals surface area contributed by atoms with E-state index in [9.17, 15) is 0 Å². The third-order valence-electron chi connectivity index (χ3n) is 4.14. The van der Waals surface area contributed by atoms with Gasteiger partial charge in [-0.25, -0.2) is 0 Å². The van der Waals surface area contributed by atoms with Crippen molar-refractivity contribution in [2.24, 2.45) is 11.7 Å². The first-order valence-electron chi connectivity index (χ1n) is 6.35. The number of hydrogen-bond acceptors (Lipinski definition) is 3. The molecule has 2 aliphatic rings. The zero-order chi connectivity index (χ0) is 10.8. The lowest BCUT2D eigenvalue weighted by atomic mass is 10.1. The van der Waals surface area contributed by atoms with Crippen LogP contribution >= 0.6 is 0 Å². The average molecular weight is 211 g/mol. The molecular weight excluding hydrogens is 186 g/mol. The first kappa shape index (κ1) is 11.4. The molecule has 0 saturated carbocycles. The topological polar surface area (TPSA) is 32.5 Å². The highest BCUT2D eigenvalue weighted by molar-refractivity contribution is 4.89. The minimum atomic E-state index is 0.408. The number of hydrogen-bond donors (Lipinski definition) is 1. The van der Waals surface area contributed by atoms with E-state index in [1.165, 1.54) is 38.9 Å². The lowest BCUT2D eigenvalue weighted by Crippen LogP contribution is -2.36. The van der Waals surface area contributed by atoms with Crippen molar-refractivity contribution in [2.45, 2.75) is 38.3 Å². The Balaban J connectivity index is 1.88. The van der Waals surface area contributed by atoms with Crippen LogP contribution in [0.1, 0.15) is 26.2 Å². The highest BCUT2D eigenvalue weighted by Crippen LogP contribution is 2.23. The molecule has 3 heteroatoms. The summed E-state index contributed by atoms with van der Waals surface area (Å²) >= 11 is 0. The molecule has 2 aliphatic heterocycles. The highest BCUT2D eigenvalue weighted by Gasteiger charge is 2.31. The van der Waals surface area contributed by atoms with Crippen LogP contribution in [-0.2, 0) is 0 Å². The second kappa shape index (κ2) is 4.81. The second-order valence-corrected chi connectivity index (χ2v) is 5.48. The molecule has 0 bridgehead atoms. The normalized spacial score (nSPS) is 40.6. The predicted octanol–water partition coefficient (Wildman–Crippen LogP) is 0.750. The monoisotopic (exact) mass is 211 g/mol. The van der Waals surface area contributed by atoms with Crippen LogP contribution in [0, 0.1) is 5.92 Å². The van der Waals surface area contributed by atoms with Gasteiger partial charge in [0.15, 0.2) is 0 Å². The van der Waals surface area contributed by atoms with Gasteiger partial charge in [0.2, 0.25) is 0 Å². The molecule has 0 spiro atoms. The maximum absolute atomic E-state index is 6.09.